The zero-order valence-corrected chi connectivity index (χ0v) is 12.6. The van der Waals surface area contributed by atoms with Crippen molar-refractivity contribution in [2.45, 2.75) is 26.4 Å². The Labute approximate surface area is 122 Å². The molecule has 0 unspecified atom stereocenters. The number of amides is 1. The molecule has 1 atom stereocenters. The van der Waals surface area contributed by atoms with Crippen LogP contribution in [0.2, 0.25) is 5.02 Å². The van der Waals surface area contributed by atoms with Gasteiger partial charge in [-0.3, -0.25) is 9.20 Å². The Kier molecular flexibility index (Phi) is 4.30. The van der Waals surface area contributed by atoms with Gasteiger partial charge in [0.2, 0.25) is 0 Å². The first-order valence-corrected chi connectivity index (χ1v) is 6.91. The van der Waals surface area contributed by atoms with E-state index in [-0.39, 0.29) is 12.5 Å². The number of rotatable bonds is 4. The number of halogens is 1. The van der Waals surface area contributed by atoms with Crippen LogP contribution in [0.15, 0.2) is 18.3 Å². The quantitative estimate of drug-likeness (QED) is 0.938. The van der Waals surface area contributed by atoms with Gasteiger partial charge >= 0.3 is 0 Å². The van der Waals surface area contributed by atoms with E-state index in [2.05, 4.69) is 4.98 Å². The summed E-state index contributed by atoms with van der Waals surface area (Å²) in [6, 6.07) is 3.53. The summed E-state index contributed by atoms with van der Waals surface area (Å²) in [6.45, 7) is 3.88. The van der Waals surface area contributed by atoms with Gasteiger partial charge in [0.15, 0.2) is 0 Å². The minimum atomic E-state index is -0.572. The predicted octanol–water partition coefficient (Wildman–Crippen LogP) is 2.00. The summed E-state index contributed by atoms with van der Waals surface area (Å²) in [5, 5.41) is 9.96. The lowest BCUT2D eigenvalue weighted by Gasteiger charge is -2.19. The molecule has 2 heterocycles. The number of nitrogens with zero attached hydrogens (tertiary/aromatic N) is 3. The van der Waals surface area contributed by atoms with Crippen molar-refractivity contribution < 1.29 is 9.90 Å². The molecule has 1 N–H and O–H groups in total. The van der Waals surface area contributed by atoms with Crippen molar-refractivity contribution in [3.8, 4) is 0 Å². The third kappa shape index (κ3) is 2.78. The first-order chi connectivity index (χ1) is 9.43. The topological polar surface area (TPSA) is 57.8 Å². The molecule has 108 valence electrons. The molecule has 0 aliphatic rings. The molecular weight excluding hydrogens is 278 g/mol. The van der Waals surface area contributed by atoms with Crippen molar-refractivity contribution in [3.63, 3.8) is 0 Å². The maximum absolute atomic E-state index is 12.6. The van der Waals surface area contributed by atoms with E-state index in [9.17, 15) is 9.90 Å². The first kappa shape index (κ1) is 14.8. The fourth-order valence-corrected chi connectivity index (χ4v) is 2.36. The van der Waals surface area contributed by atoms with Gasteiger partial charge in [0.25, 0.3) is 5.91 Å². The lowest BCUT2D eigenvalue weighted by Crippen LogP contribution is -2.34. The second-order valence-corrected chi connectivity index (χ2v) is 5.31. The van der Waals surface area contributed by atoms with Crippen LogP contribution in [0.3, 0.4) is 0 Å². The highest BCUT2D eigenvalue weighted by molar-refractivity contribution is 6.30. The molecule has 0 fully saturated rings. The molecule has 0 saturated carbocycles. The van der Waals surface area contributed by atoms with Crippen molar-refractivity contribution in [3.05, 3.63) is 34.7 Å². The van der Waals surface area contributed by atoms with Gasteiger partial charge < -0.3 is 10.0 Å². The summed E-state index contributed by atoms with van der Waals surface area (Å²) in [7, 11) is 1.67. The van der Waals surface area contributed by atoms with E-state index >= 15 is 0 Å². The van der Waals surface area contributed by atoms with Crippen molar-refractivity contribution in [2.24, 2.45) is 0 Å². The lowest BCUT2D eigenvalue weighted by molar-refractivity contribution is 0.0696. The Balaban J connectivity index is 2.51. The molecule has 2 aromatic heterocycles. The van der Waals surface area contributed by atoms with Crippen LogP contribution in [-0.4, -0.2) is 45.0 Å². The van der Waals surface area contributed by atoms with E-state index in [1.807, 2.05) is 6.92 Å². The molecule has 0 aliphatic heterocycles. The minimum Gasteiger partial charge on any atom is -0.392 e. The Hall–Kier alpha value is -1.59. The number of likely N-dealkylation sites (N-methyl/N-ethyl adjacent to an activating group) is 1. The van der Waals surface area contributed by atoms with Crippen molar-refractivity contribution in [1.82, 2.24) is 14.3 Å². The first-order valence-electron chi connectivity index (χ1n) is 6.54. The molecular formula is C14H18ClN3O2. The SMILES string of the molecule is CCc1nc2ccc(Cl)cn2c1C(=O)N(C)C[C@@H](C)O. The number of hydrogen-bond donors (Lipinski definition) is 1. The average Bonchev–Trinajstić information content (AvgIpc) is 2.74. The highest BCUT2D eigenvalue weighted by atomic mass is 35.5. The van der Waals surface area contributed by atoms with E-state index < -0.39 is 6.10 Å². The van der Waals surface area contributed by atoms with Gasteiger partial charge in [-0.05, 0) is 25.5 Å². The summed E-state index contributed by atoms with van der Waals surface area (Å²) in [6.07, 6.45) is 1.77. The number of aliphatic hydroxyl groups excluding tert-OH is 1. The van der Waals surface area contributed by atoms with E-state index in [0.717, 1.165) is 5.69 Å². The molecule has 0 radical (unpaired) electrons. The maximum Gasteiger partial charge on any atom is 0.272 e. The highest BCUT2D eigenvalue weighted by Gasteiger charge is 2.22. The van der Waals surface area contributed by atoms with Crippen LogP contribution in [0, 0.1) is 0 Å². The van der Waals surface area contributed by atoms with Gasteiger partial charge in [-0.15, -0.1) is 0 Å². The fraction of sp³-hybridized carbons (Fsp3) is 0.429. The number of fused-ring (bicyclic) bond motifs is 1. The Morgan fingerprint density at radius 1 is 1.55 bits per heavy atom. The molecule has 5 nitrogen and oxygen atoms in total. The summed E-state index contributed by atoms with van der Waals surface area (Å²) < 4.78 is 1.71. The van der Waals surface area contributed by atoms with Gasteiger partial charge in [0, 0.05) is 19.8 Å². The summed E-state index contributed by atoms with van der Waals surface area (Å²) >= 11 is 6.00. The van der Waals surface area contributed by atoms with Gasteiger partial charge in [-0.2, -0.15) is 0 Å². The zero-order chi connectivity index (χ0) is 14.9. The summed E-state index contributed by atoms with van der Waals surface area (Å²) in [5.41, 5.74) is 1.93. The second kappa shape index (κ2) is 5.81. The molecule has 0 aliphatic carbocycles. The van der Waals surface area contributed by atoms with Crippen LogP contribution < -0.4 is 0 Å². The van der Waals surface area contributed by atoms with Crippen LogP contribution in [0.4, 0.5) is 0 Å². The number of aryl methyl sites for hydroxylation is 1. The monoisotopic (exact) mass is 295 g/mol. The normalized spacial score (nSPS) is 12.7. The Morgan fingerprint density at radius 3 is 2.85 bits per heavy atom. The van der Waals surface area contributed by atoms with Gasteiger partial charge in [-0.25, -0.2) is 4.98 Å². The van der Waals surface area contributed by atoms with E-state index in [1.165, 1.54) is 4.90 Å². The lowest BCUT2D eigenvalue weighted by atomic mass is 10.2. The molecule has 1 amide bonds. The number of aliphatic hydroxyl groups is 1. The average molecular weight is 296 g/mol. The second-order valence-electron chi connectivity index (χ2n) is 4.87. The molecule has 0 aromatic carbocycles. The number of carbonyl (C=O) groups is 1. The van der Waals surface area contributed by atoms with Gasteiger partial charge in [0.05, 0.1) is 16.8 Å². The molecule has 0 spiro atoms. The number of imidazole rings is 1. The van der Waals surface area contributed by atoms with Gasteiger partial charge in [-0.1, -0.05) is 18.5 Å². The third-order valence-electron chi connectivity index (χ3n) is 3.08. The van der Waals surface area contributed by atoms with Crippen LogP contribution in [0.1, 0.15) is 30.0 Å². The highest BCUT2D eigenvalue weighted by Crippen LogP contribution is 2.18. The maximum atomic E-state index is 12.6. The van der Waals surface area contributed by atoms with Crippen molar-refractivity contribution >= 4 is 23.2 Å². The number of pyridine rings is 1. The molecule has 0 saturated heterocycles. The van der Waals surface area contributed by atoms with E-state index in [1.54, 1.807) is 36.7 Å². The largest absolute Gasteiger partial charge is 0.392 e. The van der Waals surface area contributed by atoms with Gasteiger partial charge in [0.1, 0.15) is 11.3 Å². The van der Waals surface area contributed by atoms with Crippen molar-refractivity contribution in [2.75, 3.05) is 13.6 Å². The molecule has 0 bridgehead atoms. The molecule has 2 aromatic rings. The standard InChI is InChI=1S/C14H18ClN3O2/c1-4-11-13(14(20)17(3)7-9(2)19)18-8-10(15)5-6-12(18)16-11/h5-6,8-9,19H,4,7H2,1-3H3/t9-/m1/s1. The summed E-state index contributed by atoms with van der Waals surface area (Å²) in [4.78, 5) is 18.5. The van der Waals surface area contributed by atoms with Crippen molar-refractivity contribution in [1.29, 1.82) is 0 Å². The number of hydrogen-bond acceptors (Lipinski definition) is 3. The molecule has 20 heavy (non-hydrogen) atoms. The summed E-state index contributed by atoms with van der Waals surface area (Å²) in [5.74, 6) is -0.169. The predicted molar refractivity (Wildman–Crippen MR) is 78.2 cm³/mol. The number of carbonyl (C=O) groups excluding carboxylic acids is 1. The Morgan fingerprint density at radius 2 is 2.25 bits per heavy atom. The molecule has 2 rings (SSSR count). The van der Waals surface area contributed by atoms with E-state index in [4.69, 9.17) is 11.6 Å². The van der Waals surface area contributed by atoms with Crippen LogP contribution in [0.5, 0.6) is 0 Å². The molecule has 6 heteroatoms. The third-order valence-corrected chi connectivity index (χ3v) is 3.30. The minimum absolute atomic E-state index is 0.169. The van der Waals surface area contributed by atoms with Crippen LogP contribution in [0.25, 0.3) is 5.65 Å². The fourth-order valence-electron chi connectivity index (χ4n) is 2.20. The van der Waals surface area contributed by atoms with Crippen LogP contribution >= 0.6 is 11.6 Å². The van der Waals surface area contributed by atoms with E-state index in [0.29, 0.717) is 22.8 Å². The Bertz CT molecular complexity index is 637. The zero-order valence-electron chi connectivity index (χ0n) is 11.8. The smallest absolute Gasteiger partial charge is 0.272 e. The van der Waals surface area contributed by atoms with Crippen LogP contribution in [-0.2, 0) is 6.42 Å². The number of aromatic nitrogens is 2.